The Morgan fingerprint density at radius 1 is 0.967 bits per heavy atom. The van der Waals surface area contributed by atoms with Crippen LogP contribution in [0.15, 0.2) is 82.8 Å². The summed E-state index contributed by atoms with van der Waals surface area (Å²) < 4.78 is 0. The lowest BCUT2D eigenvalue weighted by Crippen LogP contribution is -2.35. The van der Waals surface area contributed by atoms with Gasteiger partial charge in [-0.3, -0.25) is 0 Å². The number of hydrogen-bond donors (Lipinski definition) is 1. The van der Waals surface area contributed by atoms with E-state index in [4.69, 9.17) is 28.3 Å². The van der Waals surface area contributed by atoms with Crippen molar-refractivity contribution in [1.29, 1.82) is 0 Å². The van der Waals surface area contributed by atoms with E-state index < -0.39 is 0 Å². The molecular formula is C23H17Cl2N3OS. The molecule has 0 aliphatic carbocycles. The number of rotatable bonds is 2. The molecule has 0 bridgehead atoms. The maximum Gasteiger partial charge on any atom is 0.342 e. The Hall–Kier alpha value is -2.47. The Kier molecular flexibility index (Phi) is 5.19. The van der Waals surface area contributed by atoms with Gasteiger partial charge < -0.3 is 5.32 Å². The van der Waals surface area contributed by atoms with Crippen molar-refractivity contribution in [2.75, 3.05) is 11.1 Å². The maximum absolute atomic E-state index is 13.2. The fraction of sp³-hybridized carbons (Fsp3) is 0.130. The van der Waals surface area contributed by atoms with Crippen molar-refractivity contribution in [3.63, 3.8) is 0 Å². The highest BCUT2D eigenvalue weighted by Gasteiger charge is 2.44. The third kappa shape index (κ3) is 3.58. The Labute approximate surface area is 188 Å². The first-order valence-corrected chi connectivity index (χ1v) is 11.3. The normalized spacial score (nSPS) is 19.7. The van der Waals surface area contributed by atoms with Crippen LogP contribution in [0.25, 0.3) is 0 Å². The molecule has 0 saturated carbocycles. The predicted molar refractivity (Wildman–Crippen MR) is 124 cm³/mol. The number of carbonyl (C=O) groups is 1. The molecule has 7 heteroatoms. The van der Waals surface area contributed by atoms with Gasteiger partial charge in [0.1, 0.15) is 0 Å². The lowest BCUT2D eigenvalue weighted by Gasteiger charge is -2.29. The van der Waals surface area contributed by atoms with Gasteiger partial charge in [0.05, 0.1) is 11.8 Å². The molecule has 0 radical (unpaired) electrons. The minimum Gasteiger partial charge on any atom is -0.306 e. The SMILES string of the molecule is O=C(Nc1ccc(Cl)cc1)N1N=C2c3ccccc3SC[C@H]2[C@@H]1c1ccc(Cl)cc1. The molecule has 0 aromatic heterocycles. The predicted octanol–water partition coefficient (Wildman–Crippen LogP) is 6.71. The largest absolute Gasteiger partial charge is 0.342 e. The smallest absolute Gasteiger partial charge is 0.306 e. The molecule has 2 atom stereocenters. The number of hydrogen-bond acceptors (Lipinski definition) is 3. The Balaban J connectivity index is 1.53. The molecule has 3 aromatic rings. The fourth-order valence-electron chi connectivity index (χ4n) is 3.90. The summed E-state index contributed by atoms with van der Waals surface area (Å²) in [7, 11) is 0. The van der Waals surface area contributed by atoms with E-state index in [1.807, 2.05) is 36.4 Å². The van der Waals surface area contributed by atoms with Gasteiger partial charge in [-0.05, 0) is 48.0 Å². The molecule has 5 rings (SSSR count). The number of carbonyl (C=O) groups excluding carboxylic acids is 1. The van der Waals surface area contributed by atoms with E-state index in [2.05, 4.69) is 17.4 Å². The molecule has 2 aliphatic heterocycles. The number of nitrogens with one attached hydrogen (secondary N) is 1. The van der Waals surface area contributed by atoms with Crippen LogP contribution in [-0.4, -0.2) is 22.5 Å². The van der Waals surface area contributed by atoms with Crippen molar-refractivity contribution in [3.05, 3.63) is 94.0 Å². The number of hydrazone groups is 1. The molecule has 1 N–H and O–H groups in total. The molecule has 0 fully saturated rings. The summed E-state index contributed by atoms with van der Waals surface area (Å²) >= 11 is 13.9. The number of amides is 2. The van der Waals surface area contributed by atoms with Crippen LogP contribution in [0.1, 0.15) is 17.2 Å². The summed E-state index contributed by atoms with van der Waals surface area (Å²) in [5, 5.41) is 10.6. The van der Waals surface area contributed by atoms with Crippen molar-refractivity contribution in [2.45, 2.75) is 10.9 Å². The molecule has 0 unspecified atom stereocenters. The number of urea groups is 1. The van der Waals surface area contributed by atoms with Crippen LogP contribution >= 0.6 is 35.0 Å². The Morgan fingerprint density at radius 3 is 2.37 bits per heavy atom. The van der Waals surface area contributed by atoms with E-state index >= 15 is 0 Å². The highest BCUT2D eigenvalue weighted by Crippen LogP contribution is 2.45. The lowest BCUT2D eigenvalue weighted by atomic mass is 9.88. The van der Waals surface area contributed by atoms with Gasteiger partial charge in [-0.25, -0.2) is 9.80 Å². The molecule has 3 aromatic carbocycles. The van der Waals surface area contributed by atoms with Gasteiger partial charge in [-0.2, -0.15) is 5.10 Å². The highest BCUT2D eigenvalue weighted by atomic mass is 35.5. The van der Waals surface area contributed by atoms with Crippen LogP contribution in [-0.2, 0) is 0 Å². The molecule has 2 aliphatic rings. The zero-order valence-electron chi connectivity index (χ0n) is 15.8. The van der Waals surface area contributed by atoms with Gasteiger partial charge in [0.15, 0.2) is 0 Å². The molecule has 2 amide bonds. The van der Waals surface area contributed by atoms with E-state index in [0.717, 1.165) is 22.6 Å². The van der Waals surface area contributed by atoms with Crippen molar-refractivity contribution in [2.24, 2.45) is 11.0 Å². The first kappa shape index (κ1) is 19.5. The average Bonchev–Trinajstić information content (AvgIpc) is 3.16. The van der Waals surface area contributed by atoms with E-state index in [0.29, 0.717) is 15.7 Å². The highest BCUT2D eigenvalue weighted by molar-refractivity contribution is 7.99. The second-order valence-electron chi connectivity index (χ2n) is 7.18. The number of anilines is 1. The zero-order chi connectivity index (χ0) is 20.7. The van der Waals surface area contributed by atoms with Crippen LogP contribution < -0.4 is 5.32 Å². The summed E-state index contributed by atoms with van der Waals surface area (Å²) in [6.45, 7) is 0. The monoisotopic (exact) mass is 453 g/mol. The number of benzene rings is 3. The van der Waals surface area contributed by atoms with Crippen LogP contribution in [0, 0.1) is 5.92 Å². The van der Waals surface area contributed by atoms with Crippen LogP contribution in [0.2, 0.25) is 10.0 Å². The molecule has 2 heterocycles. The first-order valence-electron chi connectivity index (χ1n) is 9.52. The average molecular weight is 454 g/mol. The van der Waals surface area contributed by atoms with Gasteiger partial charge in [-0.15, -0.1) is 11.8 Å². The first-order chi connectivity index (χ1) is 14.6. The van der Waals surface area contributed by atoms with Crippen LogP contribution in [0.3, 0.4) is 0 Å². The summed E-state index contributed by atoms with van der Waals surface area (Å²) in [5.74, 6) is 0.954. The second kappa shape index (κ2) is 7.99. The lowest BCUT2D eigenvalue weighted by molar-refractivity contribution is 0.192. The van der Waals surface area contributed by atoms with E-state index in [1.54, 1.807) is 41.0 Å². The maximum atomic E-state index is 13.2. The van der Waals surface area contributed by atoms with Crippen LogP contribution in [0.4, 0.5) is 10.5 Å². The third-order valence-electron chi connectivity index (χ3n) is 5.31. The van der Waals surface area contributed by atoms with Gasteiger partial charge in [0.25, 0.3) is 0 Å². The zero-order valence-corrected chi connectivity index (χ0v) is 18.1. The van der Waals surface area contributed by atoms with Gasteiger partial charge in [0.2, 0.25) is 0 Å². The van der Waals surface area contributed by atoms with Crippen molar-refractivity contribution < 1.29 is 4.79 Å². The third-order valence-corrected chi connectivity index (χ3v) is 7.00. The van der Waals surface area contributed by atoms with Crippen molar-refractivity contribution >= 4 is 52.4 Å². The van der Waals surface area contributed by atoms with Crippen LogP contribution in [0.5, 0.6) is 0 Å². The summed E-state index contributed by atoms with van der Waals surface area (Å²) in [6, 6.07) is 22.4. The van der Waals surface area contributed by atoms with Gasteiger partial charge in [-0.1, -0.05) is 53.5 Å². The Morgan fingerprint density at radius 2 is 1.63 bits per heavy atom. The van der Waals surface area contributed by atoms with Gasteiger partial charge in [0, 0.05) is 37.9 Å². The topological polar surface area (TPSA) is 44.7 Å². The minimum absolute atomic E-state index is 0.0991. The van der Waals surface area contributed by atoms with E-state index in [-0.39, 0.29) is 18.0 Å². The molecule has 0 saturated heterocycles. The summed E-state index contributed by atoms with van der Waals surface area (Å²) in [5.41, 5.74) is 3.73. The molecule has 150 valence electrons. The molecule has 30 heavy (non-hydrogen) atoms. The standard InChI is InChI=1S/C23H17Cl2N3OS/c24-15-7-5-14(6-8-15)22-19-13-30-20-4-2-1-3-18(20)21(19)27-28(22)23(29)26-17-11-9-16(25)10-12-17/h1-12,19,22H,13H2,(H,26,29)/t19-,22+/m1/s1. The van der Waals surface area contributed by atoms with E-state index in [9.17, 15) is 4.79 Å². The molecular weight excluding hydrogens is 437 g/mol. The summed E-state index contributed by atoms with van der Waals surface area (Å²) in [6.07, 6.45) is 0. The Bertz CT molecular complexity index is 1130. The number of thioether (sulfide) groups is 1. The minimum atomic E-state index is -0.276. The second-order valence-corrected chi connectivity index (χ2v) is 9.11. The number of nitrogens with zero attached hydrogens (tertiary/aromatic N) is 2. The number of halogens is 2. The van der Waals surface area contributed by atoms with E-state index in [1.165, 1.54) is 4.90 Å². The number of fused-ring (bicyclic) bond motifs is 3. The van der Waals surface area contributed by atoms with Crippen molar-refractivity contribution in [3.8, 4) is 0 Å². The van der Waals surface area contributed by atoms with Crippen molar-refractivity contribution in [1.82, 2.24) is 5.01 Å². The fourth-order valence-corrected chi connectivity index (χ4v) is 5.35. The van der Waals surface area contributed by atoms with Gasteiger partial charge >= 0.3 is 6.03 Å². The summed E-state index contributed by atoms with van der Waals surface area (Å²) in [4.78, 5) is 14.4. The molecule has 0 spiro atoms. The quantitative estimate of drug-likeness (QED) is 0.468. The molecule has 4 nitrogen and oxygen atoms in total.